The van der Waals surface area contributed by atoms with Crippen molar-refractivity contribution in [2.45, 2.75) is 40.5 Å². The molecule has 2 heterocycles. The largest absolute Gasteiger partial charge is 2.00 e. The van der Waals surface area contributed by atoms with Crippen molar-refractivity contribution in [3.8, 4) is 11.4 Å². The Morgan fingerprint density at radius 3 is 1.11 bits per heavy atom. The number of aryl methyl sites for hydroxylation is 6. The summed E-state index contributed by atoms with van der Waals surface area (Å²) in [5.74, 6) is 0. The molecule has 0 radical (unpaired) electrons. The zero-order valence-electron chi connectivity index (χ0n) is 27.8. The van der Waals surface area contributed by atoms with Gasteiger partial charge in [0.05, 0.1) is 0 Å². The third-order valence-corrected chi connectivity index (χ3v) is 8.81. The second-order valence-electron chi connectivity index (χ2n) is 12.1. The van der Waals surface area contributed by atoms with Crippen LogP contribution in [-0.4, -0.2) is 9.13 Å². The summed E-state index contributed by atoms with van der Waals surface area (Å²) in [4.78, 5) is 0. The van der Waals surface area contributed by atoms with Gasteiger partial charge in [-0.2, -0.15) is 0 Å². The molecule has 0 unspecified atom stereocenters. The quantitative estimate of drug-likeness (QED) is 0.159. The van der Waals surface area contributed by atoms with E-state index < -0.39 is 0 Å². The maximum atomic E-state index is 2.26. The van der Waals surface area contributed by atoms with Crippen LogP contribution >= 0.6 is 0 Å². The van der Waals surface area contributed by atoms with E-state index in [9.17, 15) is 0 Å². The first kappa shape index (κ1) is 33.9. The fourth-order valence-electron chi connectivity index (χ4n) is 6.04. The van der Waals surface area contributed by atoms with Crippen molar-refractivity contribution in [1.82, 2.24) is 9.13 Å². The summed E-state index contributed by atoms with van der Waals surface area (Å²) in [5, 5.41) is 5.46. The minimum atomic E-state index is 0. The van der Waals surface area contributed by atoms with E-state index in [4.69, 9.17) is 0 Å². The molecule has 8 rings (SSSR count). The number of hydrogen-bond acceptors (Lipinski definition) is 0. The Bertz CT molecular complexity index is 1880. The minimum Gasteiger partial charge on any atom is -0.342 e. The first-order valence-corrected chi connectivity index (χ1v) is 16.1. The maximum Gasteiger partial charge on any atom is 2.00 e. The van der Waals surface area contributed by atoms with Crippen molar-refractivity contribution in [1.29, 1.82) is 0 Å². The molecule has 6 aromatic carbocycles. The van der Waals surface area contributed by atoms with E-state index in [0.29, 0.717) is 0 Å². The summed E-state index contributed by atoms with van der Waals surface area (Å²) in [6.45, 7) is 8.67. The van der Waals surface area contributed by atoms with Crippen molar-refractivity contribution in [3.63, 3.8) is 0 Å². The van der Waals surface area contributed by atoms with Crippen LogP contribution in [0.5, 0.6) is 0 Å². The molecule has 0 saturated carbocycles. The molecule has 232 valence electrons. The molecule has 8 aromatic rings. The van der Waals surface area contributed by atoms with Gasteiger partial charge < -0.3 is 9.13 Å². The average Bonchev–Trinajstić information content (AvgIpc) is 3.92. The third-order valence-electron chi connectivity index (χ3n) is 8.81. The van der Waals surface area contributed by atoms with Crippen LogP contribution in [0, 0.1) is 27.7 Å². The van der Waals surface area contributed by atoms with Crippen molar-refractivity contribution in [2.24, 2.45) is 0 Å². The molecule has 2 aromatic heterocycles. The number of rotatable bonds is 5. The Morgan fingerprint density at radius 2 is 0.766 bits per heavy atom. The van der Waals surface area contributed by atoms with Crippen LogP contribution in [-0.2, 0) is 39.0 Å². The second-order valence-corrected chi connectivity index (χ2v) is 12.1. The number of hydrogen-bond donors (Lipinski definition) is 0. The number of fused-ring (bicyclic) bond motifs is 2. The smallest absolute Gasteiger partial charge is 0.342 e. The minimum absolute atomic E-state index is 0. The summed E-state index contributed by atoms with van der Waals surface area (Å²) < 4.78 is 4.30. The molecule has 0 amide bonds. The second kappa shape index (κ2) is 15.9. The van der Waals surface area contributed by atoms with Crippen molar-refractivity contribution in [3.05, 3.63) is 192 Å². The number of benzene rings is 4. The zero-order valence-corrected chi connectivity index (χ0v) is 30.3. The summed E-state index contributed by atoms with van der Waals surface area (Å²) in [6.07, 6.45) is 10.6. The molecule has 0 fully saturated rings. The molecule has 0 bridgehead atoms. The van der Waals surface area contributed by atoms with Gasteiger partial charge in [-0.25, -0.2) is 0 Å². The van der Waals surface area contributed by atoms with Gasteiger partial charge in [0.25, 0.3) is 0 Å². The van der Waals surface area contributed by atoms with Crippen LogP contribution in [0.4, 0.5) is 0 Å². The number of aromatic nitrogens is 2. The van der Waals surface area contributed by atoms with E-state index in [1.807, 2.05) is 0 Å². The Labute approximate surface area is 298 Å². The van der Waals surface area contributed by atoms with Gasteiger partial charge in [0.15, 0.2) is 0 Å². The van der Waals surface area contributed by atoms with Gasteiger partial charge >= 0.3 is 26.2 Å². The normalized spacial score (nSPS) is 10.6. The van der Waals surface area contributed by atoms with Crippen molar-refractivity contribution >= 4 is 21.5 Å². The van der Waals surface area contributed by atoms with Crippen LogP contribution in [0.25, 0.3) is 32.9 Å². The summed E-state index contributed by atoms with van der Waals surface area (Å²) in [5.41, 5.74) is 10.7. The van der Waals surface area contributed by atoms with Crippen LogP contribution in [0.3, 0.4) is 0 Å². The van der Waals surface area contributed by atoms with E-state index in [1.165, 1.54) is 66.3 Å². The first-order valence-electron chi connectivity index (χ1n) is 16.1. The van der Waals surface area contributed by atoms with Gasteiger partial charge in [0, 0.05) is 24.8 Å². The molecule has 0 N–H and O–H groups in total. The molecule has 0 aliphatic heterocycles. The summed E-state index contributed by atoms with van der Waals surface area (Å²) >= 11 is 0. The average molecular weight is 690 g/mol. The van der Waals surface area contributed by atoms with Crippen LogP contribution < -0.4 is 0 Å². The Morgan fingerprint density at radius 1 is 0.426 bits per heavy atom. The van der Waals surface area contributed by atoms with E-state index in [1.54, 1.807) is 0 Å². The Hall–Kier alpha value is -4.46. The van der Waals surface area contributed by atoms with Crippen LogP contribution in [0.1, 0.15) is 33.4 Å². The van der Waals surface area contributed by atoms with E-state index in [0.717, 1.165) is 12.8 Å². The summed E-state index contributed by atoms with van der Waals surface area (Å²) in [7, 11) is 0. The molecular weight excluding hydrogens is 648 g/mol. The first-order chi connectivity index (χ1) is 22.5. The van der Waals surface area contributed by atoms with Crippen molar-refractivity contribution < 1.29 is 26.2 Å². The van der Waals surface area contributed by atoms with Gasteiger partial charge in [-0.05, 0) is 73.5 Å². The molecule has 0 aliphatic rings. The van der Waals surface area contributed by atoms with Gasteiger partial charge in [-0.15, -0.1) is 69.1 Å². The van der Waals surface area contributed by atoms with Gasteiger partial charge in [-0.1, -0.05) is 97.8 Å². The Balaban J connectivity index is 0.000000137. The molecule has 0 atom stereocenters. The maximum absolute atomic E-state index is 2.26. The predicted octanol–water partition coefficient (Wildman–Crippen LogP) is 11.4. The molecule has 0 aliphatic carbocycles. The van der Waals surface area contributed by atoms with E-state index >= 15 is 0 Å². The monoisotopic (exact) mass is 688 g/mol. The van der Waals surface area contributed by atoms with Gasteiger partial charge in [0.2, 0.25) is 0 Å². The standard InChI is InChI=1S/2C15H14N.C14H14.Zr/c2*1-11-5-6-12(2)15-10-13(9-14(11)15)16-7-3-4-8-16;1-3-7-13(8-4-1)11-12-14-9-5-2-6-10-14;/h2*3-10H,1-2H3;1-10H,11-12H2;/q2*-1;;+2. The predicted molar refractivity (Wildman–Crippen MR) is 197 cm³/mol. The fraction of sp³-hybridized carbons (Fsp3) is 0.136. The molecule has 3 heteroatoms. The summed E-state index contributed by atoms with van der Waals surface area (Å²) in [6, 6.07) is 47.3. The molecule has 0 saturated heterocycles. The molecule has 2 nitrogen and oxygen atoms in total. The van der Waals surface area contributed by atoms with Crippen LogP contribution in [0.15, 0.2) is 158 Å². The van der Waals surface area contributed by atoms with Crippen LogP contribution in [0.2, 0.25) is 0 Å². The SMILES string of the molecule is Cc1ccc(C)c2[cH-]c(-n3cccc3)cc12.Cc1ccc(C)c2[cH-]c(-n3cccc3)cc12.[Zr+2].c1ccc(CCc2ccccc2)cc1. The molecule has 47 heavy (non-hydrogen) atoms. The van der Waals surface area contributed by atoms with Gasteiger partial charge in [-0.3, -0.25) is 0 Å². The third kappa shape index (κ3) is 8.29. The zero-order chi connectivity index (χ0) is 31.9. The number of nitrogens with zero attached hydrogens (tertiary/aromatic N) is 2. The van der Waals surface area contributed by atoms with E-state index in [-0.39, 0.29) is 26.2 Å². The molecular formula is C44H42N2Zr. The fourth-order valence-corrected chi connectivity index (χ4v) is 6.04. The van der Waals surface area contributed by atoms with Gasteiger partial charge in [0.1, 0.15) is 0 Å². The Kier molecular flexibility index (Phi) is 11.5. The molecule has 0 spiro atoms. The van der Waals surface area contributed by atoms with E-state index in [2.05, 4.69) is 195 Å². The van der Waals surface area contributed by atoms with Crippen molar-refractivity contribution in [2.75, 3.05) is 0 Å². The topological polar surface area (TPSA) is 9.86 Å².